The summed E-state index contributed by atoms with van der Waals surface area (Å²) in [5, 5.41) is 4.18. The number of nitrogens with one attached hydrogen (secondary N) is 1. The average molecular weight is 315 g/mol. The van der Waals surface area contributed by atoms with Crippen molar-refractivity contribution in [3.63, 3.8) is 0 Å². The third-order valence-electron chi connectivity index (χ3n) is 4.22. The van der Waals surface area contributed by atoms with E-state index in [4.69, 9.17) is 0 Å². The third-order valence-corrected chi connectivity index (χ3v) is 4.22. The molecular formula is C16H21N5O2. The summed E-state index contributed by atoms with van der Waals surface area (Å²) in [4.78, 5) is 31.5. The van der Waals surface area contributed by atoms with Gasteiger partial charge in [-0.15, -0.1) is 0 Å². The van der Waals surface area contributed by atoms with Crippen LogP contribution in [0.4, 0.5) is 0 Å². The fourth-order valence-corrected chi connectivity index (χ4v) is 2.91. The smallest absolute Gasteiger partial charge is 0.270 e. The van der Waals surface area contributed by atoms with Gasteiger partial charge < -0.3 is 14.8 Å². The molecule has 1 saturated heterocycles. The molecule has 2 amide bonds. The number of hydrogen-bond acceptors (Lipinski definition) is 3. The Bertz CT molecular complexity index is 642. The molecule has 0 aromatic carbocycles. The topological polar surface area (TPSA) is 74.2 Å². The summed E-state index contributed by atoms with van der Waals surface area (Å²) in [7, 11) is 0. The Morgan fingerprint density at radius 2 is 1.96 bits per heavy atom. The average Bonchev–Trinajstić information content (AvgIpc) is 3.29. The Labute approximate surface area is 134 Å². The number of piperazine rings is 1. The second kappa shape index (κ2) is 6.68. The van der Waals surface area contributed by atoms with Gasteiger partial charge in [0, 0.05) is 44.8 Å². The van der Waals surface area contributed by atoms with Gasteiger partial charge in [0.15, 0.2) is 0 Å². The van der Waals surface area contributed by atoms with E-state index in [2.05, 4.69) is 10.1 Å². The molecule has 3 rings (SSSR count). The molecule has 2 aromatic rings. The van der Waals surface area contributed by atoms with Crippen molar-refractivity contribution in [2.75, 3.05) is 26.2 Å². The minimum absolute atomic E-state index is 0.0128. The first kappa shape index (κ1) is 15.3. The summed E-state index contributed by atoms with van der Waals surface area (Å²) in [6.07, 6.45) is 5.94. The molecule has 0 radical (unpaired) electrons. The highest BCUT2D eigenvalue weighted by molar-refractivity contribution is 5.92. The van der Waals surface area contributed by atoms with E-state index in [0.717, 1.165) is 0 Å². The standard InChI is InChI=1S/C16H21N5O2/c1-2-14(21-8-4-7-18-21)16(23)20-11-9-19(10-12-20)15(22)13-5-3-6-17-13/h3-8,14,17H,2,9-12H2,1H3. The van der Waals surface area contributed by atoms with E-state index in [1.807, 2.05) is 30.2 Å². The zero-order chi connectivity index (χ0) is 16.2. The summed E-state index contributed by atoms with van der Waals surface area (Å²) in [5.41, 5.74) is 0.591. The van der Waals surface area contributed by atoms with E-state index in [1.165, 1.54) is 0 Å². The predicted molar refractivity (Wildman–Crippen MR) is 84.8 cm³/mol. The molecule has 0 spiro atoms. The summed E-state index contributed by atoms with van der Waals surface area (Å²) < 4.78 is 1.71. The lowest BCUT2D eigenvalue weighted by Crippen LogP contribution is -2.52. The van der Waals surface area contributed by atoms with E-state index in [1.54, 1.807) is 28.0 Å². The van der Waals surface area contributed by atoms with Gasteiger partial charge in [-0.25, -0.2) is 0 Å². The number of nitrogens with zero attached hydrogens (tertiary/aromatic N) is 4. The first-order valence-electron chi connectivity index (χ1n) is 7.91. The first-order chi connectivity index (χ1) is 11.2. The van der Waals surface area contributed by atoms with Crippen LogP contribution >= 0.6 is 0 Å². The van der Waals surface area contributed by atoms with Crippen LogP contribution in [0.3, 0.4) is 0 Å². The summed E-state index contributed by atoms with van der Waals surface area (Å²) in [5.74, 6) is 0.0596. The van der Waals surface area contributed by atoms with Crippen LogP contribution in [0.5, 0.6) is 0 Å². The first-order valence-corrected chi connectivity index (χ1v) is 7.91. The van der Waals surface area contributed by atoms with Crippen LogP contribution in [0.15, 0.2) is 36.8 Å². The summed E-state index contributed by atoms with van der Waals surface area (Å²) in [6, 6.07) is 5.13. The van der Waals surface area contributed by atoms with Crippen molar-refractivity contribution in [2.45, 2.75) is 19.4 Å². The fourth-order valence-electron chi connectivity index (χ4n) is 2.91. The second-order valence-corrected chi connectivity index (χ2v) is 5.61. The molecule has 3 heterocycles. The molecule has 0 aliphatic carbocycles. The van der Waals surface area contributed by atoms with Crippen molar-refractivity contribution >= 4 is 11.8 Å². The maximum atomic E-state index is 12.7. The lowest BCUT2D eigenvalue weighted by atomic mass is 10.1. The molecular weight excluding hydrogens is 294 g/mol. The Kier molecular flexibility index (Phi) is 4.45. The Morgan fingerprint density at radius 3 is 2.52 bits per heavy atom. The van der Waals surface area contributed by atoms with Crippen LogP contribution in [0.2, 0.25) is 0 Å². The minimum atomic E-state index is -0.268. The van der Waals surface area contributed by atoms with Crippen molar-refractivity contribution < 1.29 is 9.59 Å². The molecule has 1 unspecified atom stereocenters. The van der Waals surface area contributed by atoms with E-state index in [-0.39, 0.29) is 17.9 Å². The monoisotopic (exact) mass is 315 g/mol. The van der Waals surface area contributed by atoms with Crippen molar-refractivity contribution in [1.82, 2.24) is 24.6 Å². The van der Waals surface area contributed by atoms with Gasteiger partial charge in [0.05, 0.1) is 0 Å². The van der Waals surface area contributed by atoms with Crippen LogP contribution < -0.4 is 0 Å². The largest absolute Gasteiger partial charge is 0.357 e. The molecule has 1 N–H and O–H groups in total. The van der Waals surface area contributed by atoms with E-state index < -0.39 is 0 Å². The van der Waals surface area contributed by atoms with E-state index >= 15 is 0 Å². The normalized spacial score (nSPS) is 16.4. The number of rotatable bonds is 4. The maximum Gasteiger partial charge on any atom is 0.270 e. The van der Waals surface area contributed by atoms with E-state index in [0.29, 0.717) is 38.3 Å². The summed E-state index contributed by atoms with van der Waals surface area (Å²) in [6.45, 7) is 4.21. The second-order valence-electron chi connectivity index (χ2n) is 5.61. The molecule has 2 aromatic heterocycles. The van der Waals surface area contributed by atoms with Gasteiger partial charge in [-0.2, -0.15) is 5.10 Å². The van der Waals surface area contributed by atoms with Gasteiger partial charge in [0.25, 0.3) is 5.91 Å². The third kappa shape index (κ3) is 3.13. The highest BCUT2D eigenvalue weighted by atomic mass is 16.2. The van der Waals surface area contributed by atoms with Gasteiger partial charge >= 0.3 is 0 Å². The Balaban J connectivity index is 1.60. The molecule has 0 bridgehead atoms. The van der Waals surface area contributed by atoms with Crippen LogP contribution in [0, 0.1) is 0 Å². The molecule has 1 fully saturated rings. The Hall–Kier alpha value is -2.57. The molecule has 1 atom stereocenters. The maximum absolute atomic E-state index is 12.7. The van der Waals surface area contributed by atoms with Crippen LogP contribution in [-0.4, -0.2) is 62.6 Å². The number of hydrogen-bond donors (Lipinski definition) is 1. The SMILES string of the molecule is CCC(C(=O)N1CCN(C(=O)c2ccc[nH]2)CC1)n1cccn1. The number of amides is 2. The molecule has 1 aliphatic heterocycles. The molecule has 7 nitrogen and oxygen atoms in total. The van der Waals surface area contributed by atoms with Gasteiger partial charge in [-0.3, -0.25) is 14.3 Å². The highest BCUT2D eigenvalue weighted by Crippen LogP contribution is 2.16. The van der Waals surface area contributed by atoms with Gasteiger partial charge in [0.2, 0.25) is 5.91 Å². The van der Waals surface area contributed by atoms with E-state index in [9.17, 15) is 9.59 Å². The van der Waals surface area contributed by atoms with Crippen molar-refractivity contribution in [3.8, 4) is 0 Å². The fraction of sp³-hybridized carbons (Fsp3) is 0.438. The van der Waals surface area contributed by atoms with Crippen LogP contribution in [-0.2, 0) is 4.79 Å². The van der Waals surface area contributed by atoms with Gasteiger partial charge in [-0.05, 0) is 24.6 Å². The lowest BCUT2D eigenvalue weighted by molar-refractivity contribution is -0.136. The number of aromatic nitrogens is 3. The zero-order valence-corrected chi connectivity index (χ0v) is 13.2. The highest BCUT2D eigenvalue weighted by Gasteiger charge is 2.29. The zero-order valence-electron chi connectivity index (χ0n) is 13.2. The molecule has 23 heavy (non-hydrogen) atoms. The number of H-pyrrole nitrogens is 1. The van der Waals surface area contributed by atoms with Crippen molar-refractivity contribution in [2.24, 2.45) is 0 Å². The van der Waals surface area contributed by atoms with Gasteiger partial charge in [-0.1, -0.05) is 6.92 Å². The molecule has 0 saturated carbocycles. The molecule has 7 heteroatoms. The van der Waals surface area contributed by atoms with Crippen LogP contribution in [0.25, 0.3) is 0 Å². The van der Waals surface area contributed by atoms with Crippen molar-refractivity contribution in [1.29, 1.82) is 0 Å². The lowest BCUT2D eigenvalue weighted by Gasteiger charge is -2.36. The number of carbonyl (C=O) groups is 2. The number of carbonyl (C=O) groups excluding carboxylic acids is 2. The number of aromatic amines is 1. The predicted octanol–water partition coefficient (Wildman–Crippen LogP) is 1.15. The molecule has 1 aliphatic rings. The van der Waals surface area contributed by atoms with Crippen LogP contribution in [0.1, 0.15) is 29.9 Å². The minimum Gasteiger partial charge on any atom is -0.357 e. The Morgan fingerprint density at radius 1 is 1.22 bits per heavy atom. The van der Waals surface area contributed by atoms with Gasteiger partial charge in [0.1, 0.15) is 11.7 Å². The van der Waals surface area contributed by atoms with Crippen molar-refractivity contribution in [3.05, 3.63) is 42.5 Å². The molecule has 122 valence electrons. The quantitative estimate of drug-likeness (QED) is 0.919. The summed E-state index contributed by atoms with van der Waals surface area (Å²) >= 11 is 0.